The Morgan fingerprint density at radius 3 is 2.07 bits per heavy atom. The van der Waals surface area contributed by atoms with Crippen LogP contribution in [0.25, 0.3) is 0 Å². The second kappa shape index (κ2) is 12.2. The van der Waals surface area contributed by atoms with Crippen molar-refractivity contribution in [1.29, 1.82) is 0 Å². The zero-order valence-corrected chi connectivity index (χ0v) is 20.4. The molecule has 0 aliphatic carbocycles. The van der Waals surface area contributed by atoms with Gasteiger partial charge in [-0.15, -0.1) is 0 Å². The smallest absolute Gasteiger partial charge is 0.373 e. The van der Waals surface area contributed by atoms with Gasteiger partial charge in [-0.3, -0.25) is 9.11 Å². The average molecular weight is 479 g/mol. The largest absolute Gasteiger partial charge is 1.00 e. The Hall–Kier alpha value is -0.160. The number of methoxy groups -OCH3 is 1. The van der Waals surface area contributed by atoms with E-state index in [1.807, 2.05) is 30.3 Å². The molecule has 0 radical (unpaired) electrons. The van der Waals surface area contributed by atoms with Crippen LogP contribution < -0.4 is 29.6 Å². The Labute approximate surface area is 198 Å². The van der Waals surface area contributed by atoms with E-state index < -0.39 is 51.5 Å². The summed E-state index contributed by atoms with van der Waals surface area (Å²) in [6.45, 7) is 1.67. The molecule has 1 fully saturated rings. The fourth-order valence-corrected chi connectivity index (χ4v) is 4.01. The molecular weight excluding hydrogens is 455 g/mol. The van der Waals surface area contributed by atoms with Crippen LogP contribution >= 0.6 is 0 Å². The SMILES string of the molecule is CO[C@@H]1O[C@@H](C)[C@H](OCCCc2ccccc2)[C@@H](OS(=O)(=O)O)[C@H]1OS(=O)(=O)O.[Na+]. The molecule has 2 rings (SSSR count). The van der Waals surface area contributed by atoms with Crippen molar-refractivity contribution in [2.45, 2.75) is 50.5 Å². The van der Waals surface area contributed by atoms with Crippen LogP contribution in [0.2, 0.25) is 0 Å². The fourth-order valence-electron chi connectivity index (χ4n) is 3.03. The molecule has 0 saturated carbocycles. The van der Waals surface area contributed by atoms with Crippen LogP contribution in [0, 0.1) is 0 Å². The van der Waals surface area contributed by atoms with Crippen molar-refractivity contribution < 1.29 is 78.1 Å². The van der Waals surface area contributed by atoms with Gasteiger partial charge >= 0.3 is 50.4 Å². The standard InChI is InChI=1S/C16H24O11S2.Na/c1-11-13(24-10-6-9-12-7-4-3-5-8-12)14(26-28(17,18)19)15(16(23-2)25-11)27-29(20,21)22;/h3-5,7-8,11,13-16H,6,9-10H2,1-2H3,(H,17,18,19)(H,20,21,22);/q;+1/t11-,13-,14+,15+,16+;/m0./s1. The van der Waals surface area contributed by atoms with E-state index in [9.17, 15) is 16.8 Å². The normalized spacial score (nSPS) is 27.4. The zero-order chi connectivity index (χ0) is 21.7. The minimum atomic E-state index is -5.03. The minimum absolute atomic E-state index is 0. The first-order valence-electron chi connectivity index (χ1n) is 8.65. The van der Waals surface area contributed by atoms with Crippen molar-refractivity contribution >= 4 is 20.8 Å². The van der Waals surface area contributed by atoms with Gasteiger partial charge in [0.15, 0.2) is 12.4 Å². The van der Waals surface area contributed by atoms with E-state index in [1.54, 1.807) is 0 Å². The van der Waals surface area contributed by atoms with Crippen molar-refractivity contribution in [3.8, 4) is 0 Å². The summed E-state index contributed by atoms with van der Waals surface area (Å²) in [5, 5.41) is 0. The van der Waals surface area contributed by atoms with E-state index in [0.29, 0.717) is 12.8 Å². The zero-order valence-electron chi connectivity index (χ0n) is 16.8. The van der Waals surface area contributed by atoms with Gasteiger partial charge in [-0.25, -0.2) is 8.37 Å². The van der Waals surface area contributed by atoms with Gasteiger partial charge in [0.05, 0.1) is 6.10 Å². The molecule has 30 heavy (non-hydrogen) atoms. The summed E-state index contributed by atoms with van der Waals surface area (Å²) in [7, 11) is -8.89. The molecule has 1 aromatic rings. The topological polar surface area (TPSA) is 155 Å². The summed E-state index contributed by atoms with van der Waals surface area (Å²) in [5.74, 6) is 0. The maximum Gasteiger partial charge on any atom is 1.00 e. The van der Waals surface area contributed by atoms with Crippen LogP contribution in [0.15, 0.2) is 30.3 Å². The molecule has 1 aliphatic heterocycles. The first kappa shape index (κ1) is 27.9. The molecule has 166 valence electrons. The van der Waals surface area contributed by atoms with Crippen molar-refractivity contribution in [2.24, 2.45) is 0 Å². The molecule has 0 unspecified atom stereocenters. The molecule has 1 heterocycles. The summed E-state index contributed by atoms with van der Waals surface area (Å²) in [6.07, 6.45) is -5.57. The third-order valence-electron chi connectivity index (χ3n) is 4.19. The summed E-state index contributed by atoms with van der Waals surface area (Å²) in [5.41, 5.74) is 1.07. The van der Waals surface area contributed by atoms with Gasteiger partial charge < -0.3 is 14.2 Å². The Bertz CT molecular complexity index is 847. The summed E-state index contributed by atoms with van der Waals surface area (Å²) < 4.78 is 88.3. The van der Waals surface area contributed by atoms with Crippen molar-refractivity contribution in [3.05, 3.63) is 35.9 Å². The molecule has 0 spiro atoms. The van der Waals surface area contributed by atoms with Crippen LogP contribution in [0.4, 0.5) is 0 Å². The molecule has 0 aromatic heterocycles. The third kappa shape index (κ3) is 9.14. The molecule has 1 aliphatic rings. The van der Waals surface area contributed by atoms with Crippen molar-refractivity contribution in [2.75, 3.05) is 13.7 Å². The number of aryl methyl sites for hydroxylation is 1. The van der Waals surface area contributed by atoms with Gasteiger partial charge in [0.2, 0.25) is 0 Å². The van der Waals surface area contributed by atoms with E-state index in [0.717, 1.165) is 12.7 Å². The molecule has 0 bridgehead atoms. The summed E-state index contributed by atoms with van der Waals surface area (Å²) in [4.78, 5) is 0. The predicted molar refractivity (Wildman–Crippen MR) is 98.7 cm³/mol. The fraction of sp³-hybridized carbons (Fsp3) is 0.625. The Morgan fingerprint density at radius 1 is 0.967 bits per heavy atom. The Morgan fingerprint density at radius 2 is 1.53 bits per heavy atom. The van der Waals surface area contributed by atoms with Gasteiger partial charge in [0.25, 0.3) is 0 Å². The average Bonchev–Trinajstić information content (AvgIpc) is 2.61. The maximum atomic E-state index is 11.3. The maximum absolute atomic E-state index is 11.3. The first-order valence-corrected chi connectivity index (χ1v) is 11.4. The van der Waals surface area contributed by atoms with Crippen LogP contribution in [-0.4, -0.2) is 70.4 Å². The van der Waals surface area contributed by atoms with Crippen LogP contribution in [-0.2, 0) is 49.8 Å². The molecular formula is C16H24NaO11S2+. The van der Waals surface area contributed by atoms with Gasteiger partial charge in [-0.2, -0.15) is 16.8 Å². The van der Waals surface area contributed by atoms with E-state index in [-0.39, 0.29) is 36.2 Å². The first-order chi connectivity index (χ1) is 13.5. The van der Waals surface area contributed by atoms with E-state index in [1.165, 1.54) is 6.92 Å². The second-order valence-corrected chi connectivity index (χ2v) is 8.44. The predicted octanol–water partition coefficient (Wildman–Crippen LogP) is -2.22. The third-order valence-corrected chi connectivity index (χ3v) is 5.12. The van der Waals surface area contributed by atoms with Gasteiger partial charge in [-0.05, 0) is 25.3 Å². The van der Waals surface area contributed by atoms with Crippen LogP contribution in [0.5, 0.6) is 0 Å². The molecule has 1 saturated heterocycles. The molecule has 1 aromatic carbocycles. The Balaban J connectivity index is 0.00000450. The van der Waals surface area contributed by atoms with Gasteiger partial charge in [0, 0.05) is 13.7 Å². The monoisotopic (exact) mass is 479 g/mol. The molecule has 0 amide bonds. The molecule has 5 atom stereocenters. The number of hydrogen-bond acceptors (Lipinski definition) is 9. The number of benzene rings is 1. The number of ether oxygens (including phenoxy) is 3. The Kier molecular flexibility index (Phi) is 11.3. The second-order valence-electron chi connectivity index (χ2n) is 6.35. The quantitative estimate of drug-likeness (QED) is 0.213. The van der Waals surface area contributed by atoms with Crippen molar-refractivity contribution in [3.63, 3.8) is 0 Å². The minimum Gasteiger partial charge on any atom is -0.373 e. The van der Waals surface area contributed by atoms with Crippen molar-refractivity contribution in [1.82, 2.24) is 0 Å². The van der Waals surface area contributed by atoms with Crippen LogP contribution in [0.1, 0.15) is 18.9 Å². The molecule has 14 heteroatoms. The van der Waals surface area contributed by atoms with Gasteiger partial charge in [0.1, 0.15) is 12.2 Å². The van der Waals surface area contributed by atoms with Crippen LogP contribution in [0.3, 0.4) is 0 Å². The van der Waals surface area contributed by atoms with E-state index in [2.05, 4.69) is 8.37 Å². The van der Waals surface area contributed by atoms with Gasteiger partial charge in [-0.1, -0.05) is 30.3 Å². The summed E-state index contributed by atoms with van der Waals surface area (Å²) >= 11 is 0. The summed E-state index contributed by atoms with van der Waals surface area (Å²) in [6, 6.07) is 9.56. The number of rotatable bonds is 10. The number of hydrogen-bond donors (Lipinski definition) is 2. The molecule has 2 N–H and O–H groups in total. The molecule has 11 nitrogen and oxygen atoms in total. The van der Waals surface area contributed by atoms with E-state index in [4.69, 9.17) is 23.3 Å². The van der Waals surface area contributed by atoms with E-state index >= 15 is 0 Å².